The number of hydrogen-bond acceptors (Lipinski definition) is 6. The first-order chi connectivity index (χ1) is 8.58. The summed E-state index contributed by atoms with van der Waals surface area (Å²) in [7, 11) is 0. The molecule has 0 heterocycles. The van der Waals surface area contributed by atoms with Crippen LogP contribution >= 0.6 is 11.8 Å². The number of hydrogen-bond donors (Lipinski definition) is 1. The van der Waals surface area contributed by atoms with E-state index in [1.54, 1.807) is 6.26 Å². The summed E-state index contributed by atoms with van der Waals surface area (Å²) in [5.74, 6) is 0. The number of unbranched alkanes of at least 4 members (excludes halogenated alkanes) is 1. The summed E-state index contributed by atoms with van der Waals surface area (Å²) in [5.41, 5.74) is 0. The van der Waals surface area contributed by atoms with Gasteiger partial charge in [-0.15, -0.1) is 0 Å². The van der Waals surface area contributed by atoms with Gasteiger partial charge in [-0.3, -0.25) is 5.41 Å². The van der Waals surface area contributed by atoms with Crippen LogP contribution in [0.25, 0.3) is 0 Å². The van der Waals surface area contributed by atoms with Crippen LogP contribution in [0.5, 0.6) is 0 Å². The molecule has 0 aliphatic rings. The third-order valence-electron chi connectivity index (χ3n) is 1.91. The smallest absolute Gasteiger partial charge is 0.425 e. The van der Waals surface area contributed by atoms with Gasteiger partial charge >= 0.3 is 12.2 Å². The largest absolute Gasteiger partial charge is 0.449 e. The number of carbonyl (C=O) groups excluding carboxylic acids is 2. The molecule has 0 radical (unpaired) electrons. The van der Waals surface area contributed by atoms with Gasteiger partial charge in [0.2, 0.25) is 0 Å². The van der Waals surface area contributed by atoms with Crippen molar-refractivity contribution in [2.24, 2.45) is 0 Å². The van der Waals surface area contributed by atoms with Gasteiger partial charge in [0.1, 0.15) is 0 Å². The molecule has 0 unspecified atom stereocenters. The average molecular weight is 276 g/mol. The highest BCUT2D eigenvalue weighted by molar-refractivity contribution is 8.13. The number of carbonyl (C=O) groups is 2. The number of imide groups is 1. The Kier molecular flexibility index (Phi) is 9.08. The quantitative estimate of drug-likeness (QED) is 0.474. The van der Waals surface area contributed by atoms with Crippen molar-refractivity contribution in [2.45, 2.75) is 33.1 Å². The van der Waals surface area contributed by atoms with Crippen molar-refractivity contribution in [1.29, 1.82) is 5.41 Å². The molecule has 0 aromatic heterocycles. The third-order valence-corrected chi connectivity index (χ3v) is 2.48. The van der Waals surface area contributed by atoms with Crippen LogP contribution in [0, 0.1) is 5.41 Å². The molecule has 0 spiro atoms. The lowest BCUT2D eigenvalue weighted by Crippen LogP contribution is -2.41. The van der Waals surface area contributed by atoms with Crippen LogP contribution in [0.1, 0.15) is 33.1 Å². The lowest BCUT2D eigenvalue weighted by atomic mass is 10.4. The minimum Gasteiger partial charge on any atom is -0.449 e. The summed E-state index contributed by atoms with van der Waals surface area (Å²) in [6, 6.07) is 0. The first kappa shape index (κ1) is 16.8. The Morgan fingerprint density at radius 2 is 1.67 bits per heavy atom. The monoisotopic (exact) mass is 276 g/mol. The Labute approximate surface area is 112 Å². The lowest BCUT2D eigenvalue weighted by molar-refractivity contribution is 0.0960. The first-order valence-corrected chi connectivity index (χ1v) is 7.07. The molecule has 0 saturated carbocycles. The minimum atomic E-state index is -0.863. The maximum Gasteiger partial charge on any atom is 0.425 e. The van der Waals surface area contributed by atoms with Gasteiger partial charge in [-0.2, -0.15) is 4.90 Å². The molecular weight excluding hydrogens is 256 g/mol. The zero-order valence-corrected chi connectivity index (χ0v) is 11.8. The third kappa shape index (κ3) is 5.90. The van der Waals surface area contributed by atoms with E-state index >= 15 is 0 Å². The van der Waals surface area contributed by atoms with Crippen LogP contribution in [0.3, 0.4) is 0 Å². The summed E-state index contributed by atoms with van der Waals surface area (Å²) >= 11 is 0.970. The van der Waals surface area contributed by atoms with Crippen molar-refractivity contribution in [3.05, 3.63) is 0 Å². The van der Waals surface area contributed by atoms with Crippen molar-refractivity contribution >= 4 is 29.1 Å². The molecule has 0 aromatic carbocycles. The molecule has 1 N–H and O–H groups in total. The summed E-state index contributed by atoms with van der Waals surface area (Å²) in [6.07, 6.45) is 2.13. The van der Waals surface area contributed by atoms with Gasteiger partial charge in [-0.25, -0.2) is 9.59 Å². The Hall–Kier alpha value is -1.24. The molecule has 104 valence electrons. The lowest BCUT2D eigenvalue weighted by Gasteiger charge is -2.18. The molecule has 0 atom stereocenters. The van der Waals surface area contributed by atoms with Gasteiger partial charge in [0, 0.05) is 0 Å². The molecule has 0 saturated heterocycles. The molecule has 0 fully saturated rings. The zero-order chi connectivity index (χ0) is 14.0. The number of rotatable bonds is 5. The average Bonchev–Trinajstić information content (AvgIpc) is 2.36. The van der Waals surface area contributed by atoms with Gasteiger partial charge in [-0.1, -0.05) is 32.0 Å². The maximum atomic E-state index is 11.7. The van der Waals surface area contributed by atoms with Crippen LogP contribution in [-0.4, -0.2) is 41.7 Å². The summed E-state index contributed by atoms with van der Waals surface area (Å²) in [6.45, 7) is 4.25. The Bertz CT molecular complexity index is 297. The predicted octanol–water partition coefficient (Wildman–Crippen LogP) is 3.07. The molecule has 0 aliphatic carbocycles. The number of thioether (sulfide) groups is 1. The second-order valence-corrected chi connectivity index (χ2v) is 4.22. The van der Waals surface area contributed by atoms with Crippen molar-refractivity contribution in [3.8, 4) is 0 Å². The summed E-state index contributed by atoms with van der Waals surface area (Å²) in [4.78, 5) is 23.9. The van der Waals surface area contributed by atoms with Gasteiger partial charge in [0.05, 0.1) is 13.2 Å². The van der Waals surface area contributed by atoms with Crippen LogP contribution in [0.15, 0.2) is 0 Å². The van der Waals surface area contributed by atoms with Crippen molar-refractivity contribution in [2.75, 3.05) is 19.5 Å². The van der Waals surface area contributed by atoms with E-state index in [0.717, 1.165) is 24.6 Å². The molecular formula is C11H20N2O4S. The molecule has 0 aliphatic heterocycles. The Balaban J connectivity index is 4.51. The predicted molar refractivity (Wildman–Crippen MR) is 71.0 cm³/mol. The Morgan fingerprint density at radius 3 is 2.11 bits per heavy atom. The second-order valence-electron chi connectivity index (χ2n) is 3.43. The van der Waals surface area contributed by atoms with E-state index in [1.807, 2.05) is 13.8 Å². The Morgan fingerprint density at radius 1 is 1.11 bits per heavy atom. The van der Waals surface area contributed by atoms with E-state index in [9.17, 15) is 9.59 Å². The van der Waals surface area contributed by atoms with Gasteiger partial charge < -0.3 is 9.47 Å². The molecule has 7 heteroatoms. The fraction of sp³-hybridized carbons (Fsp3) is 0.727. The van der Waals surface area contributed by atoms with Gasteiger partial charge in [0.15, 0.2) is 5.17 Å². The fourth-order valence-corrected chi connectivity index (χ4v) is 1.29. The summed E-state index contributed by atoms with van der Waals surface area (Å²) in [5, 5.41) is 7.35. The second kappa shape index (κ2) is 9.76. The van der Waals surface area contributed by atoms with Gasteiger partial charge in [-0.05, 0) is 19.1 Å². The van der Waals surface area contributed by atoms with Crippen LogP contribution < -0.4 is 0 Å². The molecule has 2 amide bonds. The normalized spacial score (nSPS) is 9.72. The topological polar surface area (TPSA) is 79.7 Å². The maximum absolute atomic E-state index is 11.7. The molecule has 6 nitrogen and oxygen atoms in total. The van der Waals surface area contributed by atoms with Crippen LogP contribution in [0.4, 0.5) is 9.59 Å². The SMILES string of the molecule is CCCCOC(=O)N(C(=N)SC)C(=O)OCCC. The number of amidine groups is 1. The zero-order valence-electron chi connectivity index (χ0n) is 11.0. The highest BCUT2D eigenvalue weighted by atomic mass is 32.2. The number of nitrogens with one attached hydrogen (secondary N) is 1. The minimum absolute atomic E-state index is 0.208. The number of ether oxygens (including phenoxy) is 2. The van der Waals surface area contributed by atoms with Crippen LogP contribution in [0.2, 0.25) is 0 Å². The fourth-order valence-electron chi connectivity index (χ4n) is 0.954. The van der Waals surface area contributed by atoms with Crippen molar-refractivity contribution in [3.63, 3.8) is 0 Å². The highest BCUT2D eigenvalue weighted by Gasteiger charge is 2.28. The van der Waals surface area contributed by atoms with E-state index in [4.69, 9.17) is 14.9 Å². The van der Waals surface area contributed by atoms with E-state index in [1.165, 1.54) is 0 Å². The summed E-state index contributed by atoms with van der Waals surface area (Å²) < 4.78 is 9.74. The van der Waals surface area contributed by atoms with Crippen molar-refractivity contribution in [1.82, 2.24) is 4.90 Å². The molecule has 18 heavy (non-hydrogen) atoms. The molecule has 0 aromatic rings. The van der Waals surface area contributed by atoms with Gasteiger partial charge in [0.25, 0.3) is 0 Å². The molecule has 0 rings (SSSR count). The molecule has 0 bridgehead atoms. The first-order valence-electron chi connectivity index (χ1n) is 5.84. The van der Waals surface area contributed by atoms with Crippen molar-refractivity contribution < 1.29 is 19.1 Å². The highest BCUT2D eigenvalue weighted by Crippen LogP contribution is 2.08. The standard InChI is InChI=1S/C11H20N2O4S/c1-4-6-8-17-11(15)13(9(12)18-3)10(14)16-7-5-2/h12H,4-8H2,1-3H3. The number of amides is 2. The van der Waals surface area contributed by atoms with E-state index in [-0.39, 0.29) is 18.4 Å². The van der Waals surface area contributed by atoms with Crippen LogP contribution in [-0.2, 0) is 9.47 Å². The van der Waals surface area contributed by atoms with E-state index in [0.29, 0.717) is 11.3 Å². The number of nitrogens with zero attached hydrogens (tertiary/aromatic N) is 1. The van der Waals surface area contributed by atoms with E-state index in [2.05, 4.69) is 0 Å². The van der Waals surface area contributed by atoms with E-state index < -0.39 is 12.2 Å².